The second-order valence-electron chi connectivity index (χ2n) is 5.59. The van der Waals surface area contributed by atoms with Crippen LogP contribution in [0.1, 0.15) is 30.5 Å². The Morgan fingerprint density at radius 3 is 2.62 bits per heavy atom. The molecule has 0 saturated heterocycles. The number of ether oxygens (including phenoxy) is 1. The summed E-state index contributed by atoms with van der Waals surface area (Å²) in [5.41, 5.74) is 2.01. The van der Waals surface area contributed by atoms with Gasteiger partial charge in [0.25, 0.3) is 0 Å². The standard InChI is InChI=1S/C19H23NO3S/c1-15(17-8-4-3-5-9-17)20-19(21)11-12-24(22)14-16-7-6-10-18(13-16)23-2/h3-10,13,15H,11-12,14H2,1-2H3,(H,20,21)/t15-,24+/m1/s1. The first-order chi connectivity index (χ1) is 11.6. The van der Waals surface area contributed by atoms with Crippen LogP contribution in [0.5, 0.6) is 5.75 Å². The van der Waals surface area contributed by atoms with Gasteiger partial charge in [0, 0.05) is 28.7 Å². The highest BCUT2D eigenvalue weighted by Gasteiger charge is 2.11. The van der Waals surface area contributed by atoms with Crippen molar-refractivity contribution in [2.24, 2.45) is 0 Å². The van der Waals surface area contributed by atoms with E-state index in [9.17, 15) is 9.00 Å². The van der Waals surface area contributed by atoms with Crippen LogP contribution < -0.4 is 10.1 Å². The first-order valence-electron chi connectivity index (χ1n) is 7.90. The van der Waals surface area contributed by atoms with E-state index in [0.717, 1.165) is 16.9 Å². The Balaban J connectivity index is 1.77. The zero-order valence-electron chi connectivity index (χ0n) is 14.0. The molecule has 4 nitrogen and oxygen atoms in total. The molecular formula is C19H23NO3S. The van der Waals surface area contributed by atoms with Crippen molar-refractivity contribution >= 4 is 16.7 Å². The first kappa shape index (κ1) is 18.2. The third kappa shape index (κ3) is 5.81. The molecule has 0 fully saturated rings. The maximum absolute atomic E-state index is 12.2. The van der Waals surface area contributed by atoms with Crippen molar-refractivity contribution in [3.8, 4) is 5.75 Å². The first-order valence-corrected chi connectivity index (χ1v) is 9.39. The lowest BCUT2D eigenvalue weighted by Gasteiger charge is -2.14. The Bertz CT molecular complexity index is 688. The van der Waals surface area contributed by atoms with Crippen LogP contribution >= 0.6 is 0 Å². The summed E-state index contributed by atoms with van der Waals surface area (Å²) in [5, 5.41) is 2.94. The average molecular weight is 345 g/mol. The monoisotopic (exact) mass is 345 g/mol. The number of carbonyl (C=O) groups excluding carboxylic acids is 1. The molecule has 2 atom stereocenters. The van der Waals surface area contributed by atoms with Crippen molar-refractivity contribution < 1.29 is 13.7 Å². The SMILES string of the molecule is COc1cccc(C[S@@](=O)CCC(=O)N[C@H](C)c2ccccc2)c1. The van der Waals surface area contributed by atoms with Crippen LogP contribution in [0.15, 0.2) is 54.6 Å². The molecule has 0 radical (unpaired) electrons. The van der Waals surface area contributed by atoms with Gasteiger partial charge in [-0.25, -0.2) is 0 Å². The van der Waals surface area contributed by atoms with Gasteiger partial charge in [-0.2, -0.15) is 0 Å². The molecule has 0 saturated carbocycles. The summed E-state index contributed by atoms with van der Waals surface area (Å²) in [4.78, 5) is 12.0. The van der Waals surface area contributed by atoms with Crippen LogP contribution in [0.2, 0.25) is 0 Å². The summed E-state index contributed by atoms with van der Waals surface area (Å²) in [6.45, 7) is 1.94. The third-order valence-corrected chi connectivity index (χ3v) is 5.01. The molecule has 0 bridgehead atoms. The summed E-state index contributed by atoms with van der Waals surface area (Å²) in [7, 11) is 0.528. The van der Waals surface area contributed by atoms with E-state index in [1.54, 1.807) is 7.11 Å². The Morgan fingerprint density at radius 2 is 1.92 bits per heavy atom. The Morgan fingerprint density at radius 1 is 1.17 bits per heavy atom. The van der Waals surface area contributed by atoms with Gasteiger partial charge in [0.2, 0.25) is 5.91 Å². The molecule has 1 N–H and O–H groups in total. The van der Waals surface area contributed by atoms with E-state index < -0.39 is 10.8 Å². The molecule has 0 unspecified atom stereocenters. The maximum Gasteiger partial charge on any atom is 0.221 e. The minimum atomic E-state index is -1.08. The van der Waals surface area contributed by atoms with Gasteiger partial charge in [-0.05, 0) is 30.2 Å². The fraction of sp³-hybridized carbons (Fsp3) is 0.316. The molecule has 128 valence electrons. The van der Waals surface area contributed by atoms with Gasteiger partial charge < -0.3 is 10.1 Å². The van der Waals surface area contributed by atoms with Gasteiger partial charge in [0.15, 0.2) is 0 Å². The largest absolute Gasteiger partial charge is 0.497 e. The second-order valence-corrected chi connectivity index (χ2v) is 7.17. The highest BCUT2D eigenvalue weighted by Crippen LogP contribution is 2.14. The minimum absolute atomic E-state index is 0.0504. The lowest BCUT2D eigenvalue weighted by atomic mass is 10.1. The Kier molecular flexibility index (Phi) is 7.00. The van der Waals surface area contributed by atoms with E-state index >= 15 is 0 Å². The quantitative estimate of drug-likeness (QED) is 0.799. The van der Waals surface area contributed by atoms with Gasteiger partial charge in [-0.3, -0.25) is 9.00 Å². The lowest BCUT2D eigenvalue weighted by molar-refractivity contribution is -0.121. The van der Waals surface area contributed by atoms with Crippen LogP contribution in [0.25, 0.3) is 0 Å². The number of nitrogens with one attached hydrogen (secondary N) is 1. The molecule has 0 aliphatic rings. The number of rotatable bonds is 8. The van der Waals surface area contributed by atoms with Crippen molar-refractivity contribution in [3.63, 3.8) is 0 Å². The van der Waals surface area contributed by atoms with Crippen molar-refractivity contribution in [1.82, 2.24) is 5.32 Å². The van der Waals surface area contributed by atoms with E-state index in [4.69, 9.17) is 4.74 Å². The highest BCUT2D eigenvalue weighted by atomic mass is 32.2. The van der Waals surface area contributed by atoms with E-state index in [2.05, 4.69) is 5.32 Å². The predicted molar refractivity (Wildman–Crippen MR) is 97.3 cm³/mol. The molecule has 0 spiro atoms. The van der Waals surface area contributed by atoms with Gasteiger partial charge in [-0.15, -0.1) is 0 Å². The Hall–Kier alpha value is -2.14. The summed E-state index contributed by atoms with van der Waals surface area (Å²) in [5.74, 6) is 1.45. The fourth-order valence-corrected chi connectivity index (χ4v) is 3.47. The smallest absolute Gasteiger partial charge is 0.221 e. The number of benzene rings is 2. The molecule has 1 amide bonds. The number of hydrogen-bond acceptors (Lipinski definition) is 3. The molecule has 2 aromatic rings. The molecule has 0 aliphatic carbocycles. The summed E-state index contributed by atoms with van der Waals surface area (Å²) in [6, 6.07) is 17.3. The van der Waals surface area contributed by atoms with Crippen LogP contribution in [-0.4, -0.2) is 23.0 Å². The zero-order valence-corrected chi connectivity index (χ0v) is 14.8. The molecule has 2 rings (SSSR count). The van der Waals surface area contributed by atoms with Crippen molar-refractivity contribution in [2.75, 3.05) is 12.9 Å². The van der Waals surface area contributed by atoms with Crippen LogP contribution in [-0.2, 0) is 21.3 Å². The lowest BCUT2D eigenvalue weighted by Crippen LogP contribution is -2.27. The number of hydrogen-bond donors (Lipinski definition) is 1. The zero-order chi connectivity index (χ0) is 17.4. The van der Waals surface area contributed by atoms with E-state index in [1.165, 1.54) is 0 Å². The summed E-state index contributed by atoms with van der Waals surface area (Å²) >= 11 is 0. The van der Waals surface area contributed by atoms with E-state index in [0.29, 0.717) is 11.5 Å². The molecule has 24 heavy (non-hydrogen) atoms. The third-order valence-electron chi connectivity index (χ3n) is 3.70. The van der Waals surface area contributed by atoms with Gasteiger partial charge >= 0.3 is 0 Å². The summed E-state index contributed by atoms with van der Waals surface area (Å²) in [6.07, 6.45) is 0.258. The van der Waals surface area contributed by atoms with E-state index in [1.807, 2.05) is 61.5 Å². The number of methoxy groups -OCH3 is 1. The molecular weight excluding hydrogens is 322 g/mol. The van der Waals surface area contributed by atoms with Crippen LogP contribution in [0.3, 0.4) is 0 Å². The van der Waals surface area contributed by atoms with Crippen LogP contribution in [0, 0.1) is 0 Å². The van der Waals surface area contributed by atoms with Gasteiger partial charge in [-0.1, -0.05) is 42.5 Å². The molecule has 0 aliphatic heterocycles. The minimum Gasteiger partial charge on any atom is -0.497 e. The molecule has 5 heteroatoms. The van der Waals surface area contributed by atoms with Gasteiger partial charge in [0.1, 0.15) is 5.75 Å². The predicted octanol–water partition coefficient (Wildman–Crippen LogP) is 3.21. The average Bonchev–Trinajstić information content (AvgIpc) is 2.61. The fourth-order valence-electron chi connectivity index (χ4n) is 2.37. The Labute approximate surface area is 145 Å². The second kappa shape index (κ2) is 9.23. The molecule has 2 aromatic carbocycles. The normalized spacial score (nSPS) is 13.1. The number of carbonyl (C=O) groups is 1. The van der Waals surface area contributed by atoms with Gasteiger partial charge in [0.05, 0.1) is 13.2 Å². The van der Waals surface area contributed by atoms with Crippen LogP contribution in [0.4, 0.5) is 0 Å². The molecule has 0 heterocycles. The van der Waals surface area contributed by atoms with Crippen molar-refractivity contribution in [3.05, 3.63) is 65.7 Å². The highest BCUT2D eigenvalue weighted by molar-refractivity contribution is 7.84. The topological polar surface area (TPSA) is 55.4 Å². The molecule has 0 aromatic heterocycles. The van der Waals surface area contributed by atoms with E-state index in [-0.39, 0.29) is 18.4 Å². The van der Waals surface area contributed by atoms with Crippen molar-refractivity contribution in [1.29, 1.82) is 0 Å². The maximum atomic E-state index is 12.2. The number of amides is 1. The summed E-state index contributed by atoms with van der Waals surface area (Å²) < 4.78 is 17.3. The van der Waals surface area contributed by atoms with Crippen molar-refractivity contribution in [2.45, 2.75) is 25.1 Å².